The zero-order valence-electron chi connectivity index (χ0n) is 25.0. The second-order valence-corrected chi connectivity index (χ2v) is 12.9. The molecule has 0 fully saturated rings. The lowest BCUT2D eigenvalue weighted by atomic mass is 9.91. The number of rotatable bonds is 27. The van der Waals surface area contributed by atoms with E-state index in [1.54, 1.807) is 21.1 Å². The van der Waals surface area contributed by atoms with Crippen LogP contribution in [-0.2, 0) is 23.4 Å². The van der Waals surface area contributed by atoms with Gasteiger partial charge in [0.25, 0.3) is 0 Å². The number of quaternary nitrogens is 1. The summed E-state index contributed by atoms with van der Waals surface area (Å²) in [7, 11) is 0.435. The molecule has 0 radical (unpaired) electrons. The standard InChI is InChI=1S/C28H58NO8P/c1-6-8-9-10-11-12-13-14-15-16-17-18-19-20-21-35-24-26(36-7-2)22-28(23-27(30)31,25-29(3,4)5)37-38(32,33)34/h26H,6-25H2,1-5H3,(H2-,30,31,32,33,34). The number of nitrogens with zero attached hydrogens (tertiary/aromatic N) is 1. The molecule has 0 rings (SSSR count). The summed E-state index contributed by atoms with van der Waals surface area (Å²) in [6.45, 7) is 5.23. The van der Waals surface area contributed by atoms with Crippen molar-refractivity contribution in [1.29, 1.82) is 0 Å². The molecule has 0 aromatic carbocycles. The van der Waals surface area contributed by atoms with Crippen molar-refractivity contribution in [3.8, 4) is 0 Å². The van der Waals surface area contributed by atoms with E-state index < -0.39 is 31.9 Å². The van der Waals surface area contributed by atoms with E-state index >= 15 is 0 Å². The topological polar surface area (TPSA) is 125 Å². The van der Waals surface area contributed by atoms with Gasteiger partial charge in [-0.3, -0.25) is 4.52 Å². The number of ether oxygens (including phenoxy) is 2. The van der Waals surface area contributed by atoms with Crippen molar-refractivity contribution in [3.05, 3.63) is 0 Å². The fraction of sp³-hybridized carbons (Fsp3) is 0.964. The summed E-state index contributed by atoms with van der Waals surface area (Å²) in [6.07, 6.45) is 16.7. The number of phosphoric acid groups is 1. The fourth-order valence-corrected chi connectivity index (χ4v) is 5.80. The van der Waals surface area contributed by atoms with Crippen molar-refractivity contribution in [2.45, 2.75) is 128 Å². The average molecular weight is 568 g/mol. The minimum Gasteiger partial charge on any atom is -0.550 e. The molecule has 9 nitrogen and oxygen atoms in total. The quantitative estimate of drug-likeness (QED) is 0.0809. The third kappa shape index (κ3) is 23.4. The minimum absolute atomic E-state index is 0.0335. The van der Waals surface area contributed by atoms with Crippen LogP contribution in [0.5, 0.6) is 0 Å². The molecule has 0 bridgehead atoms. The van der Waals surface area contributed by atoms with Gasteiger partial charge in [0.05, 0.1) is 33.9 Å². The van der Waals surface area contributed by atoms with Crippen LogP contribution in [-0.4, -0.2) is 79.5 Å². The Morgan fingerprint density at radius 3 is 1.74 bits per heavy atom. The summed E-state index contributed by atoms with van der Waals surface area (Å²) >= 11 is 0. The van der Waals surface area contributed by atoms with Gasteiger partial charge in [-0.05, 0) is 13.3 Å². The number of carboxylic acids is 1. The maximum absolute atomic E-state index is 11.8. The molecule has 228 valence electrons. The van der Waals surface area contributed by atoms with E-state index in [1.165, 1.54) is 77.0 Å². The van der Waals surface area contributed by atoms with E-state index in [0.29, 0.717) is 13.2 Å². The second-order valence-electron chi connectivity index (χ2n) is 11.7. The van der Waals surface area contributed by atoms with Crippen molar-refractivity contribution >= 4 is 13.8 Å². The molecule has 10 heteroatoms. The molecule has 0 aromatic heterocycles. The van der Waals surface area contributed by atoms with Crippen molar-refractivity contribution < 1.29 is 42.7 Å². The first-order valence-electron chi connectivity index (χ1n) is 14.8. The molecule has 0 aromatic rings. The SMILES string of the molecule is CCCCCCCCCCCCCCCCOCC(CC(CC(=O)[O-])(C[N+](C)(C)C)OP(=O)(O)O)OCC. The first-order chi connectivity index (χ1) is 17.8. The van der Waals surface area contributed by atoms with Crippen LogP contribution in [0.2, 0.25) is 0 Å². The Balaban J connectivity index is 4.39. The van der Waals surface area contributed by atoms with Gasteiger partial charge in [0, 0.05) is 32.0 Å². The highest BCUT2D eigenvalue weighted by Gasteiger charge is 2.44. The van der Waals surface area contributed by atoms with E-state index in [1.807, 2.05) is 6.92 Å². The summed E-state index contributed by atoms with van der Waals surface area (Å²) < 4.78 is 28.7. The van der Waals surface area contributed by atoms with Gasteiger partial charge >= 0.3 is 7.82 Å². The zero-order valence-corrected chi connectivity index (χ0v) is 25.9. The predicted molar refractivity (Wildman–Crippen MR) is 150 cm³/mol. The van der Waals surface area contributed by atoms with Gasteiger partial charge in [-0.1, -0.05) is 90.4 Å². The molecule has 2 atom stereocenters. The summed E-state index contributed by atoms with van der Waals surface area (Å²) in [5.41, 5.74) is -1.66. The summed E-state index contributed by atoms with van der Waals surface area (Å²) in [5, 5.41) is 11.5. The number of unbranched alkanes of at least 4 members (excludes halogenated alkanes) is 13. The van der Waals surface area contributed by atoms with Crippen LogP contribution in [0.25, 0.3) is 0 Å². The Morgan fingerprint density at radius 1 is 0.868 bits per heavy atom. The van der Waals surface area contributed by atoms with E-state index in [9.17, 15) is 24.3 Å². The van der Waals surface area contributed by atoms with Crippen LogP contribution in [0.1, 0.15) is 117 Å². The number of carbonyl (C=O) groups excluding carboxylic acids is 1. The van der Waals surface area contributed by atoms with Crippen molar-refractivity contribution in [3.63, 3.8) is 0 Å². The number of carboxylic acid groups (broad SMARTS) is 1. The van der Waals surface area contributed by atoms with Gasteiger partial charge in [-0.2, -0.15) is 0 Å². The first-order valence-corrected chi connectivity index (χ1v) is 16.3. The predicted octanol–water partition coefficient (Wildman–Crippen LogP) is 4.97. The normalized spacial score (nSPS) is 14.9. The molecule has 0 heterocycles. The van der Waals surface area contributed by atoms with Gasteiger partial charge in [0.2, 0.25) is 0 Å². The van der Waals surface area contributed by atoms with Gasteiger partial charge < -0.3 is 33.6 Å². The molecule has 0 aliphatic rings. The zero-order chi connectivity index (χ0) is 28.9. The lowest BCUT2D eigenvalue weighted by Gasteiger charge is -2.40. The monoisotopic (exact) mass is 567 g/mol. The van der Waals surface area contributed by atoms with Gasteiger partial charge in [-0.25, -0.2) is 4.57 Å². The largest absolute Gasteiger partial charge is 0.550 e. The molecular formula is C28H58NO8P. The minimum atomic E-state index is -4.97. The Hall–Kier alpha value is -0.540. The Morgan fingerprint density at radius 2 is 1.34 bits per heavy atom. The number of phosphoric ester groups is 1. The maximum atomic E-state index is 11.8. The number of likely N-dealkylation sites (N-methyl/N-ethyl adjacent to an activating group) is 1. The van der Waals surface area contributed by atoms with Crippen LogP contribution in [0, 0.1) is 0 Å². The molecule has 0 saturated carbocycles. The highest BCUT2D eigenvalue weighted by molar-refractivity contribution is 7.46. The van der Waals surface area contributed by atoms with Crippen molar-refractivity contribution in [2.24, 2.45) is 0 Å². The molecule has 0 saturated heterocycles. The van der Waals surface area contributed by atoms with Gasteiger partial charge in [0.1, 0.15) is 12.1 Å². The van der Waals surface area contributed by atoms with E-state index in [-0.39, 0.29) is 24.1 Å². The highest BCUT2D eigenvalue weighted by atomic mass is 31.2. The van der Waals surface area contributed by atoms with Crippen LogP contribution in [0.3, 0.4) is 0 Å². The smallest absolute Gasteiger partial charge is 0.470 e. The van der Waals surface area contributed by atoms with Crippen molar-refractivity contribution in [1.82, 2.24) is 0 Å². The van der Waals surface area contributed by atoms with Gasteiger partial charge in [0.15, 0.2) is 0 Å². The van der Waals surface area contributed by atoms with Crippen LogP contribution < -0.4 is 5.11 Å². The Labute approximate surface area is 232 Å². The fourth-order valence-electron chi connectivity index (χ4n) is 5.10. The third-order valence-electron chi connectivity index (χ3n) is 6.49. The number of hydrogen-bond acceptors (Lipinski definition) is 6. The molecule has 0 aliphatic heterocycles. The number of carbonyl (C=O) groups is 1. The summed E-state index contributed by atoms with van der Waals surface area (Å²) in [4.78, 5) is 30.6. The molecule has 0 aliphatic carbocycles. The molecule has 0 spiro atoms. The van der Waals surface area contributed by atoms with E-state index in [0.717, 1.165) is 12.8 Å². The summed E-state index contributed by atoms with van der Waals surface area (Å²) in [5.74, 6) is -1.44. The van der Waals surface area contributed by atoms with Crippen LogP contribution in [0.15, 0.2) is 0 Å². The van der Waals surface area contributed by atoms with Crippen LogP contribution >= 0.6 is 7.82 Å². The Bertz CT molecular complexity index is 637. The van der Waals surface area contributed by atoms with E-state index in [4.69, 9.17) is 14.0 Å². The molecule has 38 heavy (non-hydrogen) atoms. The maximum Gasteiger partial charge on any atom is 0.470 e. The molecule has 2 N–H and O–H groups in total. The molecule has 2 unspecified atom stereocenters. The number of hydrogen-bond donors (Lipinski definition) is 2. The molecular weight excluding hydrogens is 509 g/mol. The third-order valence-corrected chi connectivity index (χ3v) is 7.11. The highest BCUT2D eigenvalue weighted by Crippen LogP contribution is 2.45. The lowest BCUT2D eigenvalue weighted by Crippen LogP contribution is -2.54. The first kappa shape index (κ1) is 37.5. The van der Waals surface area contributed by atoms with Crippen LogP contribution in [0.4, 0.5) is 0 Å². The summed E-state index contributed by atoms with van der Waals surface area (Å²) in [6, 6.07) is 0. The number of aliphatic carboxylic acids is 1. The average Bonchev–Trinajstić information content (AvgIpc) is 2.75. The van der Waals surface area contributed by atoms with E-state index in [2.05, 4.69) is 6.92 Å². The Kier molecular flexibility index (Phi) is 20.9. The molecule has 0 amide bonds. The second kappa shape index (κ2) is 21.2. The lowest BCUT2D eigenvalue weighted by molar-refractivity contribution is -0.876. The van der Waals surface area contributed by atoms with Gasteiger partial charge in [-0.15, -0.1) is 0 Å². The van der Waals surface area contributed by atoms with Crippen molar-refractivity contribution in [2.75, 3.05) is 47.5 Å².